The summed E-state index contributed by atoms with van der Waals surface area (Å²) in [6.07, 6.45) is 2.75. The van der Waals surface area contributed by atoms with Crippen LogP contribution in [0.3, 0.4) is 0 Å². The van der Waals surface area contributed by atoms with Gasteiger partial charge in [-0.3, -0.25) is 9.59 Å². The van der Waals surface area contributed by atoms with Crippen LogP contribution in [0, 0.1) is 0 Å². The average molecular weight is 284 g/mol. The molecule has 0 amide bonds. The summed E-state index contributed by atoms with van der Waals surface area (Å²) in [6.45, 7) is 0. The number of rotatable bonds is 0. The molecule has 0 saturated heterocycles. The number of carbonyl (C=O) groups is 2. The summed E-state index contributed by atoms with van der Waals surface area (Å²) in [5.74, 6) is -0.0936. The third-order valence-corrected chi connectivity index (χ3v) is 4.82. The fourth-order valence-electron chi connectivity index (χ4n) is 3.87. The van der Waals surface area contributed by atoms with Gasteiger partial charge in [-0.1, -0.05) is 48.5 Å². The largest absolute Gasteiger partial charge is 0.294 e. The highest BCUT2D eigenvalue weighted by atomic mass is 16.1. The molecule has 0 heterocycles. The van der Waals surface area contributed by atoms with E-state index < -0.39 is 0 Å². The summed E-state index contributed by atoms with van der Waals surface area (Å²) in [4.78, 5) is 24.5. The Morgan fingerprint density at radius 2 is 1.73 bits per heavy atom. The van der Waals surface area contributed by atoms with E-state index in [4.69, 9.17) is 0 Å². The molecule has 0 atom stereocenters. The molecule has 0 radical (unpaired) electrons. The van der Waals surface area contributed by atoms with Crippen molar-refractivity contribution in [3.63, 3.8) is 0 Å². The molecular formula is C20H12O2. The van der Waals surface area contributed by atoms with Crippen molar-refractivity contribution < 1.29 is 9.59 Å². The van der Waals surface area contributed by atoms with Gasteiger partial charge in [0, 0.05) is 16.7 Å². The molecule has 2 nitrogen and oxygen atoms in total. The zero-order chi connectivity index (χ0) is 14.8. The van der Waals surface area contributed by atoms with Crippen molar-refractivity contribution in [2.24, 2.45) is 0 Å². The maximum atomic E-state index is 12.2. The lowest BCUT2D eigenvalue weighted by Crippen LogP contribution is -2.21. The monoisotopic (exact) mass is 284 g/mol. The summed E-state index contributed by atoms with van der Waals surface area (Å²) in [7, 11) is 0. The molecule has 104 valence electrons. The first-order valence-electron chi connectivity index (χ1n) is 7.48. The number of hydrogen-bond acceptors (Lipinski definition) is 2. The molecule has 0 unspecified atom stereocenters. The van der Waals surface area contributed by atoms with Crippen molar-refractivity contribution in [2.45, 2.75) is 12.8 Å². The van der Waals surface area contributed by atoms with E-state index in [2.05, 4.69) is 18.2 Å². The van der Waals surface area contributed by atoms with Crippen LogP contribution in [0.25, 0.3) is 27.1 Å². The maximum absolute atomic E-state index is 12.2. The van der Waals surface area contributed by atoms with Crippen LogP contribution in [0.5, 0.6) is 0 Å². The Morgan fingerprint density at radius 1 is 0.864 bits per heavy atom. The lowest BCUT2D eigenvalue weighted by molar-refractivity contribution is -0.113. The zero-order valence-corrected chi connectivity index (χ0v) is 11.8. The number of Topliss-reactive ketones (excluding diaryl/α,β-unsaturated/α-hetero) is 2. The minimum Gasteiger partial charge on any atom is -0.294 e. The second kappa shape index (κ2) is 3.92. The van der Waals surface area contributed by atoms with Gasteiger partial charge in [0.1, 0.15) is 0 Å². The highest BCUT2D eigenvalue weighted by molar-refractivity contribution is 6.37. The second-order valence-electron chi connectivity index (χ2n) is 6.01. The summed E-state index contributed by atoms with van der Waals surface area (Å²) < 4.78 is 0. The molecule has 22 heavy (non-hydrogen) atoms. The number of fused-ring (bicyclic) bond motifs is 2. The lowest BCUT2D eigenvalue weighted by Gasteiger charge is -2.25. The predicted octanol–water partition coefficient (Wildman–Crippen LogP) is 4.09. The Hall–Kier alpha value is -2.74. The molecule has 3 aromatic carbocycles. The van der Waals surface area contributed by atoms with Gasteiger partial charge in [-0.2, -0.15) is 0 Å². The standard InChI is InChI=1S/C20H12O2/c21-17-10-18(22)16-8-7-14-13-4-2-1-3-11(13)9-12-5-6-15(17)20(16)19(12)14/h1-4,6-9H,5,10H2. The van der Waals surface area contributed by atoms with Gasteiger partial charge in [0.25, 0.3) is 0 Å². The number of hydrogen-bond donors (Lipinski definition) is 0. The summed E-state index contributed by atoms with van der Waals surface area (Å²) >= 11 is 0. The molecule has 0 aromatic heterocycles. The molecule has 5 rings (SSSR count). The van der Waals surface area contributed by atoms with Crippen LogP contribution in [-0.2, 0) is 11.2 Å². The van der Waals surface area contributed by atoms with Gasteiger partial charge in [0.15, 0.2) is 11.6 Å². The Kier molecular flexibility index (Phi) is 2.11. The topological polar surface area (TPSA) is 34.1 Å². The van der Waals surface area contributed by atoms with Gasteiger partial charge < -0.3 is 0 Å². The zero-order valence-electron chi connectivity index (χ0n) is 11.8. The van der Waals surface area contributed by atoms with Crippen LogP contribution in [0.15, 0.2) is 48.5 Å². The fourth-order valence-corrected chi connectivity index (χ4v) is 3.87. The van der Waals surface area contributed by atoms with E-state index >= 15 is 0 Å². The van der Waals surface area contributed by atoms with E-state index in [9.17, 15) is 9.59 Å². The van der Waals surface area contributed by atoms with Crippen LogP contribution < -0.4 is 0 Å². The van der Waals surface area contributed by atoms with E-state index in [1.54, 1.807) is 0 Å². The first-order chi connectivity index (χ1) is 10.7. The number of carbonyl (C=O) groups excluding carboxylic acids is 2. The Bertz CT molecular complexity index is 1050. The number of ketones is 2. The second-order valence-corrected chi connectivity index (χ2v) is 6.01. The minimum atomic E-state index is -0.0555. The van der Waals surface area contributed by atoms with Gasteiger partial charge in [-0.15, -0.1) is 0 Å². The van der Waals surface area contributed by atoms with Crippen molar-refractivity contribution in [3.05, 3.63) is 65.2 Å². The summed E-state index contributed by atoms with van der Waals surface area (Å²) in [5, 5.41) is 4.61. The van der Waals surface area contributed by atoms with Crippen molar-refractivity contribution in [1.29, 1.82) is 0 Å². The molecule has 0 spiro atoms. The van der Waals surface area contributed by atoms with Gasteiger partial charge in [-0.25, -0.2) is 0 Å². The molecule has 0 aliphatic heterocycles. The average Bonchev–Trinajstić information content (AvgIpc) is 2.54. The molecule has 0 fully saturated rings. The molecule has 2 aliphatic carbocycles. The van der Waals surface area contributed by atoms with Crippen LogP contribution in [0.4, 0.5) is 0 Å². The first kappa shape index (κ1) is 11.9. The highest BCUT2D eigenvalue weighted by Crippen LogP contribution is 2.42. The highest BCUT2D eigenvalue weighted by Gasteiger charge is 2.31. The van der Waals surface area contributed by atoms with Crippen molar-refractivity contribution in [1.82, 2.24) is 0 Å². The number of benzene rings is 3. The van der Waals surface area contributed by atoms with E-state index in [0.29, 0.717) is 5.56 Å². The summed E-state index contributed by atoms with van der Waals surface area (Å²) in [5.41, 5.74) is 3.51. The van der Waals surface area contributed by atoms with Crippen LogP contribution >= 0.6 is 0 Å². The molecule has 2 heteroatoms. The fraction of sp³-hybridized carbons (Fsp3) is 0.100. The van der Waals surface area contributed by atoms with E-state index in [-0.39, 0.29) is 18.0 Å². The minimum absolute atomic E-state index is 0.00720. The molecule has 0 saturated carbocycles. The Labute approximate surface area is 127 Å². The quantitative estimate of drug-likeness (QED) is 0.460. The van der Waals surface area contributed by atoms with E-state index in [0.717, 1.165) is 28.3 Å². The molecule has 0 bridgehead atoms. The molecular weight excluding hydrogens is 272 g/mol. The molecule has 3 aromatic rings. The molecule has 2 aliphatic rings. The van der Waals surface area contributed by atoms with E-state index in [1.807, 2.05) is 30.3 Å². The van der Waals surface area contributed by atoms with Gasteiger partial charge in [0.2, 0.25) is 0 Å². The molecule has 0 N–H and O–H groups in total. The van der Waals surface area contributed by atoms with Crippen molar-refractivity contribution in [2.75, 3.05) is 0 Å². The smallest absolute Gasteiger partial charge is 0.171 e. The number of allylic oxidation sites excluding steroid dienone is 2. The third kappa shape index (κ3) is 1.34. The van der Waals surface area contributed by atoms with Gasteiger partial charge in [-0.05, 0) is 33.5 Å². The first-order valence-corrected chi connectivity index (χ1v) is 7.48. The SMILES string of the molecule is O=C1CC(=O)c2ccc3c4c(cc5ccccc53)CC=C1c24. The normalized spacial score (nSPS) is 16.3. The van der Waals surface area contributed by atoms with Crippen LogP contribution in [0.1, 0.15) is 27.9 Å². The lowest BCUT2D eigenvalue weighted by atomic mass is 9.77. The Balaban J connectivity index is 2.05. The maximum Gasteiger partial charge on any atom is 0.171 e. The van der Waals surface area contributed by atoms with Crippen molar-refractivity contribution in [3.8, 4) is 0 Å². The summed E-state index contributed by atoms with van der Waals surface area (Å²) in [6, 6.07) is 14.4. The van der Waals surface area contributed by atoms with Gasteiger partial charge >= 0.3 is 0 Å². The van der Waals surface area contributed by atoms with Crippen LogP contribution in [0.2, 0.25) is 0 Å². The Morgan fingerprint density at radius 3 is 2.64 bits per heavy atom. The third-order valence-electron chi connectivity index (χ3n) is 4.82. The van der Waals surface area contributed by atoms with Crippen LogP contribution in [-0.4, -0.2) is 11.6 Å². The van der Waals surface area contributed by atoms with Gasteiger partial charge in [0.05, 0.1) is 6.42 Å². The van der Waals surface area contributed by atoms with Crippen molar-refractivity contribution >= 4 is 38.7 Å². The predicted molar refractivity (Wildman–Crippen MR) is 87.1 cm³/mol. The van der Waals surface area contributed by atoms with E-state index in [1.165, 1.54) is 16.3 Å².